The van der Waals surface area contributed by atoms with E-state index in [0.717, 1.165) is 12.8 Å². The molecule has 22 heavy (non-hydrogen) atoms. The van der Waals surface area contributed by atoms with Gasteiger partial charge in [-0.2, -0.15) is 0 Å². The molecule has 8 nitrogen and oxygen atoms in total. The minimum absolute atomic E-state index is 0.0692. The van der Waals surface area contributed by atoms with Crippen molar-refractivity contribution in [3.05, 3.63) is 34.4 Å². The molecule has 0 unspecified atom stereocenters. The van der Waals surface area contributed by atoms with Crippen molar-refractivity contribution < 1.29 is 24.0 Å². The number of hydrogen-bond donors (Lipinski definition) is 1. The molecule has 118 valence electrons. The van der Waals surface area contributed by atoms with Crippen LogP contribution in [0.5, 0.6) is 5.75 Å². The standard InChI is InChI=1S/C14H16N2O6/c1-9(14(18)15-10-2-3-10)22-13(17)8-21-12-6-4-11(5-7-12)16(19)20/h4-7,9-10H,2-3,8H2,1H3,(H,15,18)/t9-/m1/s1. The molecule has 1 fully saturated rings. The molecule has 0 aromatic heterocycles. The molecule has 1 aromatic carbocycles. The van der Waals surface area contributed by atoms with Crippen molar-refractivity contribution in [3.8, 4) is 5.75 Å². The number of ether oxygens (including phenoxy) is 2. The number of nitrogens with zero attached hydrogens (tertiary/aromatic N) is 1. The number of non-ortho nitro benzene ring substituents is 1. The van der Waals surface area contributed by atoms with Gasteiger partial charge in [-0.3, -0.25) is 14.9 Å². The Bertz CT molecular complexity index is 567. The first kappa shape index (κ1) is 15.7. The van der Waals surface area contributed by atoms with E-state index in [1.807, 2.05) is 0 Å². The van der Waals surface area contributed by atoms with E-state index in [9.17, 15) is 19.7 Å². The van der Waals surface area contributed by atoms with Gasteiger partial charge in [-0.05, 0) is 31.9 Å². The molecule has 0 heterocycles. The largest absolute Gasteiger partial charge is 0.482 e. The maximum absolute atomic E-state index is 11.6. The number of benzene rings is 1. The highest BCUT2D eigenvalue weighted by molar-refractivity contribution is 5.84. The number of hydrogen-bond acceptors (Lipinski definition) is 6. The second-order valence-electron chi connectivity index (χ2n) is 4.95. The summed E-state index contributed by atoms with van der Waals surface area (Å²) < 4.78 is 10.1. The van der Waals surface area contributed by atoms with Crippen molar-refractivity contribution in [1.82, 2.24) is 5.32 Å². The van der Waals surface area contributed by atoms with Gasteiger partial charge >= 0.3 is 5.97 Å². The lowest BCUT2D eigenvalue weighted by Gasteiger charge is -2.13. The lowest BCUT2D eigenvalue weighted by atomic mass is 10.3. The Hall–Kier alpha value is -2.64. The van der Waals surface area contributed by atoms with Crippen LogP contribution in [-0.2, 0) is 14.3 Å². The molecule has 1 atom stereocenters. The maximum atomic E-state index is 11.6. The van der Waals surface area contributed by atoms with Crippen LogP contribution in [0, 0.1) is 10.1 Å². The molecule has 0 bridgehead atoms. The number of esters is 1. The number of nitrogens with one attached hydrogen (secondary N) is 1. The third kappa shape index (κ3) is 4.72. The highest BCUT2D eigenvalue weighted by atomic mass is 16.6. The van der Waals surface area contributed by atoms with Gasteiger partial charge in [0.15, 0.2) is 12.7 Å². The first-order valence-corrected chi connectivity index (χ1v) is 6.83. The van der Waals surface area contributed by atoms with Crippen LogP contribution >= 0.6 is 0 Å². The summed E-state index contributed by atoms with van der Waals surface area (Å²) in [4.78, 5) is 33.2. The van der Waals surface area contributed by atoms with Crippen molar-refractivity contribution in [2.24, 2.45) is 0 Å². The quantitative estimate of drug-likeness (QED) is 0.460. The Balaban J connectivity index is 1.74. The minimum Gasteiger partial charge on any atom is -0.482 e. The fourth-order valence-corrected chi connectivity index (χ4v) is 1.64. The first-order valence-electron chi connectivity index (χ1n) is 6.83. The zero-order valence-electron chi connectivity index (χ0n) is 12.0. The summed E-state index contributed by atoms with van der Waals surface area (Å²) in [5.74, 6) is -0.708. The van der Waals surface area contributed by atoms with Crippen LogP contribution in [0.2, 0.25) is 0 Å². The molecule has 1 aliphatic carbocycles. The van der Waals surface area contributed by atoms with Gasteiger partial charge in [0.05, 0.1) is 4.92 Å². The number of rotatable bonds is 7. The molecular formula is C14H16N2O6. The van der Waals surface area contributed by atoms with Gasteiger partial charge < -0.3 is 14.8 Å². The number of carbonyl (C=O) groups excluding carboxylic acids is 2. The van der Waals surface area contributed by atoms with Gasteiger partial charge in [-0.25, -0.2) is 4.79 Å². The molecule has 1 aromatic rings. The van der Waals surface area contributed by atoms with E-state index in [2.05, 4.69) is 5.32 Å². The summed E-state index contributed by atoms with van der Waals surface area (Å²) in [6.45, 7) is 1.11. The van der Waals surface area contributed by atoms with E-state index in [1.165, 1.54) is 31.2 Å². The highest BCUT2D eigenvalue weighted by Crippen LogP contribution is 2.19. The van der Waals surface area contributed by atoms with E-state index < -0.39 is 17.0 Å². The lowest BCUT2D eigenvalue weighted by Crippen LogP contribution is -2.37. The number of nitro benzene ring substituents is 1. The Labute approximate surface area is 126 Å². The van der Waals surface area contributed by atoms with E-state index >= 15 is 0 Å². The molecule has 2 rings (SSSR count). The summed E-state index contributed by atoms with van der Waals surface area (Å²) >= 11 is 0. The first-order chi connectivity index (χ1) is 10.5. The van der Waals surface area contributed by atoms with Crippen LogP contribution in [0.25, 0.3) is 0 Å². The van der Waals surface area contributed by atoms with Gasteiger partial charge in [0.2, 0.25) is 0 Å². The second-order valence-corrected chi connectivity index (χ2v) is 4.95. The fraction of sp³-hybridized carbons (Fsp3) is 0.429. The normalized spacial score (nSPS) is 14.8. The zero-order chi connectivity index (χ0) is 16.1. The van der Waals surface area contributed by atoms with Crippen LogP contribution < -0.4 is 10.1 Å². The van der Waals surface area contributed by atoms with E-state index in [1.54, 1.807) is 0 Å². The topological polar surface area (TPSA) is 108 Å². The molecule has 1 N–H and O–H groups in total. The fourth-order valence-electron chi connectivity index (χ4n) is 1.64. The highest BCUT2D eigenvalue weighted by Gasteiger charge is 2.27. The van der Waals surface area contributed by atoms with Crippen LogP contribution in [0.1, 0.15) is 19.8 Å². The Morgan fingerprint density at radius 2 is 2.00 bits per heavy atom. The second kappa shape index (κ2) is 6.88. The molecule has 0 saturated heterocycles. The van der Waals surface area contributed by atoms with Crippen molar-refractivity contribution >= 4 is 17.6 Å². The average molecular weight is 308 g/mol. The van der Waals surface area contributed by atoms with E-state index in [-0.39, 0.29) is 24.2 Å². The SMILES string of the molecule is C[C@@H](OC(=O)COc1ccc([N+](=O)[O-])cc1)C(=O)NC1CC1. The minimum atomic E-state index is -0.881. The summed E-state index contributed by atoms with van der Waals surface area (Å²) in [6, 6.07) is 5.51. The molecule has 1 amide bonds. The van der Waals surface area contributed by atoms with Crippen LogP contribution in [0.15, 0.2) is 24.3 Å². The molecule has 0 radical (unpaired) electrons. The van der Waals surface area contributed by atoms with Gasteiger partial charge in [0, 0.05) is 18.2 Å². The molecule has 8 heteroatoms. The van der Waals surface area contributed by atoms with Gasteiger partial charge in [0.1, 0.15) is 5.75 Å². The number of amides is 1. The van der Waals surface area contributed by atoms with Crippen molar-refractivity contribution in [2.75, 3.05) is 6.61 Å². The molecular weight excluding hydrogens is 292 g/mol. The summed E-state index contributed by atoms with van der Waals surface area (Å²) in [5, 5.41) is 13.2. The van der Waals surface area contributed by atoms with Gasteiger partial charge in [-0.1, -0.05) is 0 Å². The maximum Gasteiger partial charge on any atom is 0.344 e. The summed E-state index contributed by atoms with van der Waals surface area (Å²) in [5.41, 5.74) is -0.0692. The van der Waals surface area contributed by atoms with Gasteiger partial charge in [-0.15, -0.1) is 0 Å². The predicted octanol–water partition coefficient (Wildman–Crippen LogP) is 1.18. The van der Waals surface area contributed by atoms with Crippen molar-refractivity contribution in [3.63, 3.8) is 0 Å². The predicted molar refractivity (Wildman–Crippen MR) is 75.3 cm³/mol. The molecule has 1 aliphatic rings. The number of nitro groups is 1. The smallest absolute Gasteiger partial charge is 0.344 e. The summed E-state index contributed by atoms with van der Waals surface area (Å²) in [6.07, 6.45) is 1.03. The third-order valence-electron chi connectivity index (χ3n) is 3.01. The number of carbonyl (C=O) groups is 2. The molecule has 1 saturated carbocycles. The average Bonchev–Trinajstić information content (AvgIpc) is 3.29. The summed E-state index contributed by atoms with van der Waals surface area (Å²) in [7, 11) is 0. The van der Waals surface area contributed by atoms with E-state index in [4.69, 9.17) is 9.47 Å². The van der Waals surface area contributed by atoms with Crippen molar-refractivity contribution in [2.45, 2.75) is 31.9 Å². The monoisotopic (exact) mass is 308 g/mol. The Kier molecular flexibility index (Phi) is 4.92. The molecule has 0 spiro atoms. The zero-order valence-corrected chi connectivity index (χ0v) is 12.0. The lowest BCUT2D eigenvalue weighted by molar-refractivity contribution is -0.384. The van der Waals surface area contributed by atoms with Crippen molar-refractivity contribution in [1.29, 1.82) is 0 Å². The third-order valence-corrected chi connectivity index (χ3v) is 3.01. The Morgan fingerprint density at radius 3 is 2.55 bits per heavy atom. The van der Waals surface area contributed by atoms with Crippen LogP contribution in [-0.4, -0.2) is 35.6 Å². The van der Waals surface area contributed by atoms with E-state index in [0.29, 0.717) is 5.75 Å². The Morgan fingerprint density at radius 1 is 1.36 bits per heavy atom. The van der Waals surface area contributed by atoms with Crippen LogP contribution in [0.3, 0.4) is 0 Å². The van der Waals surface area contributed by atoms with Crippen LogP contribution in [0.4, 0.5) is 5.69 Å². The van der Waals surface area contributed by atoms with Gasteiger partial charge in [0.25, 0.3) is 11.6 Å². The molecule has 0 aliphatic heterocycles.